The second-order valence-corrected chi connectivity index (χ2v) is 9.12. The number of hydrogen-bond donors (Lipinski definition) is 0. The summed E-state index contributed by atoms with van der Waals surface area (Å²) >= 11 is 0. The van der Waals surface area contributed by atoms with Gasteiger partial charge in [0.2, 0.25) is 0 Å². The SMILES string of the molecule is CC1(C)c2ccccc2-c2cc3c(cc21)Oc1ccc(-c2cnc4ccccc4n2)cc1O3. The molecule has 158 valence electrons. The molecule has 1 aliphatic heterocycles. The van der Waals surface area contributed by atoms with E-state index < -0.39 is 0 Å². The van der Waals surface area contributed by atoms with E-state index in [9.17, 15) is 0 Å². The van der Waals surface area contributed by atoms with Crippen LogP contribution in [0.1, 0.15) is 25.0 Å². The van der Waals surface area contributed by atoms with E-state index in [1.54, 1.807) is 6.20 Å². The monoisotopic (exact) mass is 428 g/mol. The quantitative estimate of drug-likeness (QED) is 0.272. The predicted molar refractivity (Wildman–Crippen MR) is 129 cm³/mol. The molecule has 2 aliphatic rings. The molecule has 7 rings (SSSR count). The largest absolute Gasteiger partial charge is 0.450 e. The van der Waals surface area contributed by atoms with E-state index in [2.05, 4.69) is 55.2 Å². The molecule has 4 nitrogen and oxygen atoms in total. The minimum Gasteiger partial charge on any atom is -0.450 e. The van der Waals surface area contributed by atoms with Crippen LogP contribution in [-0.2, 0) is 5.41 Å². The maximum Gasteiger partial charge on any atom is 0.170 e. The molecule has 5 aromatic rings. The highest BCUT2D eigenvalue weighted by Crippen LogP contribution is 2.55. The van der Waals surface area contributed by atoms with Gasteiger partial charge < -0.3 is 9.47 Å². The van der Waals surface area contributed by atoms with Crippen molar-refractivity contribution in [3.63, 3.8) is 0 Å². The van der Waals surface area contributed by atoms with Gasteiger partial charge in [-0.15, -0.1) is 0 Å². The van der Waals surface area contributed by atoms with Gasteiger partial charge in [-0.3, -0.25) is 4.98 Å². The van der Waals surface area contributed by atoms with E-state index in [1.165, 1.54) is 22.3 Å². The molecule has 0 atom stereocenters. The van der Waals surface area contributed by atoms with Crippen LogP contribution in [0.4, 0.5) is 0 Å². The summed E-state index contributed by atoms with van der Waals surface area (Å²) < 4.78 is 12.7. The molecule has 4 heteroatoms. The van der Waals surface area contributed by atoms with Crippen LogP contribution in [0.25, 0.3) is 33.4 Å². The summed E-state index contributed by atoms with van der Waals surface area (Å²) in [6.07, 6.45) is 1.80. The average molecular weight is 428 g/mol. The fraction of sp³-hybridized carbons (Fsp3) is 0.103. The molecule has 1 aliphatic carbocycles. The van der Waals surface area contributed by atoms with E-state index in [4.69, 9.17) is 14.5 Å². The summed E-state index contributed by atoms with van der Waals surface area (Å²) in [6.45, 7) is 4.52. The number of ether oxygens (including phenoxy) is 2. The smallest absolute Gasteiger partial charge is 0.170 e. The van der Waals surface area contributed by atoms with E-state index in [0.717, 1.165) is 33.8 Å². The van der Waals surface area contributed by atoms with E-state index in [1.807, 2.05) is 42.5 Å². The van der Waals surface area contributed by atoms with Gasteiger partial charge in [-0.1, -0.05) is 50.2 Å². The van der Waals surface area contributed by atoms with E-state index in [-0.39, 0.29) is 5.41 Å². The van der Waals surface area contributed by atoms with Crippen LogP contribution in [0, 0.1) is 0 Å². The highest BCUT2D eigenvalue weighted by Gasteiger charge is 2.37. The van der Waals surface area contributed by atoms with Crippen molar-refractivity contribution in [3.8, 4) is 45.4 Å². The number of aromatic nitrogens is 2. The Morgan fingerprint density at radius 2 is 1.36 bits per heavy atom. The van der Waals surface area contributed by atoms with Crippen molar-refractivity contribution in [1.29, 1.82) is 0 Å². The zero-order valence-electron chi connectivity index (χ0n) is 18.3. The summed E-state index contributed by atoms with van der Waals surface area (Å²) in [5.74, 6) is 2.87. The Kier molecular flexibility index (Phi) is 3.58. The van der Waals surface area contributed by atoms with Gasteiger partial charge in [0.05, 0.1) is 22.9 Å². The summed E-state index contributed by atoms with van der Waals surface area (Å²) in [7, 11) is 0. The highest BCUT2D eigenvalue weighted by molar-refractivity contribution is 5.83. The third kappa shape index (κ3) is 2.64. The van der Waals surface area contributed by atoms with Crippen molar-refractivity contribution in [2.45, 2.75) is 19.3 Å². The second kappa shape index (κ2) is 6.42. The Balaban J connectivity index is 1.31. The molecule has 0 spiro atoms. The standard InChI is InChI=1S/C29H20N2O2/c1-29(2)20-8-4-3-7-18(20)19-14-27-28(15-21(19)29)32-25-12-11-17(13-26(25)33-27)24-16-30-22-9-5-6-10-23(22)31-24/h3-16H,1-2H3. The Morgan fingerprint density at radius 1 is 0.636 bits per heavy atom. The van der Waals surface area contributed by atoms with Crippen LogP contribution in [0.15, 0.2) is 85.1 Å². The topological polar surface area (TPSA) is 44.2 Å². The zero-order chi connectivity index (χ0) is 22.2. The van der Waals surface area contributed by atoms with Gasteiger partial charge in [-0.2, -0.15) is 0 Å². The number of hydrogen-bond acceptors (Lipinski definition) is 4. The fourth-order valence-corrected chi connectivity index (χ4v) is 5.03. The van der Waals surface area contributed by atoms with Crippen LogP contribution in [0.2, 0.25) is 0 Å². The van der Waals surface area contributed by atoms with Crippen molar-refractivity contribution in [2.75, 3.05) is 0 Å². The van der Waals surface area contributed by atoms with Crippen LogP contribution < -0.4 is 9.47 Å². The lowest BCUT2D eigenvalue weighted by molar-refractivity contribution is 0.359. The minimum absolute atomic E-state index is 0.0802. The lowest BCUT2D eigenvalue weighted by Crippen LogP contribution is -2.15. The maximum absolute atomic E-state index is 6.36. The molecular formula is C29H20N2O2. The van der Waals surface area contributed by atoms with Crippen molar-refractivity contribution < 1.29 is 9.47 Å². The lowest BCUT2D eigenvalue weighted by Gasteiger charge is -2.25. The Labute approximate surface area is 191 Å². The molecule has 0 saturated heterocycles. The van der Waals surface area contributed by atoms with Gasteiger partial charge >= 0.3 is 0 Å². The molecule has 0 fully saturated rings. The highest BCUT2D eigenvalue weighted by atomic mass is 16.6. The molecule has 0 bridgehead atoms. The summed E-state index contributed by atoms with van der Waals surface area (Å²) in [5, 5.41) is 0. The van der Waals surface area contributed by atoms with Crippen LogP contribution in [0.5, 0.6) is 23.0 Å². The second-order valence-electron chi connectivity index (χ2n) is 9.12. The van der Waals surface area contributed by atoms with Gasteiger partial charge in [-0.25, -0.2) is 4.98 Å². The molecule has 0 unspecified atom stereocenters. The van der Waals surface area contributed by atoms with Gasteiger partial charge in [0.15, 0.2) is 23.0 Å². The van der Waals surface area contributed by atoms with E-state index in [0.29, 0.717) is 11.5 Å². The van der Waals surface area contributed by atoms with Crippen LogP contribution in [-0.4, -0.2) is 9.97 Å². The third-order valence-corrected chi connectivity index (χ3v) is 6.78. The van der Waals surface area contributed by atoms with Gasteiger partial charge in [-0.05, 0) is 64.7 Å². The van der Waals surface area contributed by atoms with Gasteiger partial charge in [0.1, 0.15) is 0 Å². The van der Waals surface area contributed by atoms with Gasteiger partial charge in [0, 0.05) is 11.0 Å². The predicted octanol–water partition coefficient (Wildman–Crippen LogP) is 7.50. The summed E-state index contributed by atoms with van der Waals surface area (Å²) in [4.78, 5) is 9.31. The first kappa shape index (κ1) is 18.4. The van der Waals surface area contributed by atoms with Crippen molar-refractivity contribution in [3.05, 3.63) is 96.2 Å². The van der Waals surface area contributed by atoms with Crippen molar-refractivity contribution >= 4 is 11.0 Å². The number of fused-ring (bicyclic) bond motifs is 6. The molecule has 0 N–H and O–H groups in total. The molecule has 0 amide bonds. The molecule has 0 saturated carbocycles. The zero-order valence-corrected chi connectivity index (χ0v) is 18.3. The minimum atomic E-state index is -0.0802. The molecular weight excluding hydrogens is 408 g/mol. The normalized spacial score (nSPS) is 14.5. The fourth-order valence-electron chi connectivity index (χ4n) is 5.03. The van der Waals surface area contributed by atoms with E-state index >= 15 is 0 Å². The molecule has 2 heterocycles. The average Bonchev–Trinajstić information content (AvgIpc) is 3.07. The Morgan fingerprint density at radius 3 is 2.27 bits per heavy atom. The first-order valence-corrected chi connectivity index (χ1v) is 11.1. The lowest BCUT2D eigenvalue weighted by atomic mass is 9.82. The van der Waals surface area contributed by atoms with Crippen LogP contribution in [0.3, 0.4) is 0 Å². The summed E-state index contributed by atoms with van der Waals surface area (Å²) in [6, 6.07) is 26.6. The maximum atomic E-state index is 6.36. The molecule has 1 aromatic heterocycles. The number of benzene rings is 4. The number of para-hydroxylation sites is 2. The molecule has 0 radical (unpaired) electrons. The number of nitrogens with zero attached hydrogens (tertiary/aromatic N) is 2. The molecule has 33 heavy (non-hydrogen) atoms. The first-order chi connectivity index (χ1) is 16.1. The van der Waals surface area contributed by atoms with Crippen molar-refractivity contribution in [2.24, 2.45) is 0 Å². The van der Waals surface area contributed by atoms with Crippen molar-refractivity contribution in [1.82, 2.24) is 9.97 Å². The Bertz CT molecular complexity index is 1600. The van der Waals surface area contributed by atoms with Crippen LogP contribution >= 0.6 is 0 Å². The summed E-state index contributed by atoms with van der Waals surface area (Å²) in [5.41, 5.74) is 8.46. The third-order valence-electron chi connectivity index (χ3n) is 6.78. The first-order valence-electron chi connectivity index (χ1n) is 11.1. The van der Waals surface area contributed by atoms with Gasteiger partial charge in [0.25, 0.3) is 0 Å². The Hall–Kier alpha value is -4.18. The molecule has 4 aromatic carbocycles. The number of rotatable bonds is 1.